The molecule has 2 amide bonds. The van der Waals surface area contributed by atoms with Crippen LogP contribution in [0.1, 0.15) is 39.0 Å². The fourth-order valence-corrected chi connectivity index (χ4v) is 7.25. The number of allylic oxidation sites excluding steroid dienone is 1. The van der Waals surface area contributed by atoms with Gasteiger partial charge in [0.1, 0.15) is 42.4 Å². The van der Waals surface area contributed by atoms with Gasteiger partial charge >= 0.3 is 5.97 Å². The van der Waals surface area contributed by atoms with Crippen LogP contribution in [-0.2, 0) is 48.1 Å². The molecular weight excluding hydrogens is 618 g/mol. The van der Waals surface area contributed by atoms with Crippen molar-refractivity contribution in [3.05, 3.63) is 107 Å². The van der Waals surface area contributed by atoms with Crippen molar-refractivity contribution in [3.63, 3.8) is 0 Å². The van der Waals surface area contributed by atoms with Crippen LogP contribution in [0, 0.1) is 5.41 Å². The van der Waals surface area contributed by atoms with Crippen LogP contribution in [0.3, 0.4) is 0 Å². The third kappa shape index (κ3) is 5.97. The van der Waals surface area contributed by atoms with Crippen molar-refractivity contribution >= 4 is 23.9 Å². The van der Waals surface area contributed by atoms with E-state index in [4.69, 9.17) is 24.2 Å². The summed E-state index contributed by atoms with van der Waals surface area (Å²) in [4.78, 5) is 46.9. The number of carbonyl (C=O) groups is 3. The van der Waals surface area contributed by atoms with E-state index >= 15 is 0 Å². The maximum Gasteiger partial charge on any atom is 0.327 e. The molecule has 6 atom stereocenters. The smallest absolute Gasteiger partial charge is 0.327 e. The zero-order valence-electron chi connectivity index (χ0n) is 26.1. The Hall–Kier alpha value is -4.59. The first kappa shape index (κ1) is 32.0. The molecule has 3 saturated heterocycles. The highest BCUT2D eigenvalue weighted by Gasteiger charge is 2.74. The van der Waals surface area contributed by atoms with Gasteiger partial charge in [-0.1, -0.05) is 66.7 Å². The SMILES string of the molecule is O=C(NCCO)c1cccc(CNC(=O)[C@@]23C[C@H]4OC(=O)[C@@H]2N(Cc2cccc(C=CCc5ccccc5O)c2)O[C@@H]3[C@H]2OCO[C@H]24)c1. The number of ether oxygens (including phenoxy) is 3. The van der Waals surface area contributed by atoms with E-state index in [9.17, 15) is 19.5 Å². The van der Waals surface area contributed by atoms with Crippen LogP contribution >= 0.6 is 0 Å². The van der Waals surface area contributed by atoms with Crippen molar-refractivity contribution in [2.24, 2.45) is 5.41 Å². The van der Waals surface area contributed by atoms with E-state index in [2.05, 4.69) is 10.6 Å². The number of aromatic hydroxyl groups is 1. The summed E-state index contributed by atoms with van der Waals surface area (Å²) in [6.45, 7) is 0.287. The monoisotopic (exact) mass is 655 g/mol. The van der Waals surface area contributed by atoms with Gasteiger partial charge in [-0.15, -0.1) is 0 Å². The minimum Gasteiger partial charge on any atom is -0.508 e. The fraction of sp³-hybridized carbons (Fsp3) is 0.361. The average Bonchev–Trinajstić information content (AvgIpc) is 3.72. The predicted octanol–water partition coefficient (Wildman–Crippen LogP) is 2.23. The van der Waals surface area contributed by atoms with Crippen LogP contribution in [0.15, 0.2) is 78.9 Å². The van der Waals surface area contributed by atoms with Gasteiger partial charge in [0.05, 0.1) is 13.2 Å². The zero-order valence-corrected chi connectivity index (χ0v) is 26.1. The third-order valence-corrected chi connectivity index (χ3v) is 9.46. The number of benzene rings is 3. The Labute approximate surface area is 277 Å². The van der Waals surface area contributed by atoms with Gasteiger partial charge in [0.2, 0.25) is 5.91 Å². The molecule has 1 aliphatic carbocycles. The maximum atomic E-state index is 14.3. The highest BCUT2D eigenvalue weighted by Crippen LogP contribution is 2.55. The second-order valence-electron chi connectivity index (χ2n) is 12.4. The van der Waals surface area contributed by atoms with Crippen molar-refractivity contribution in [2.45, 2.75) is 56.4 Å². The first-order valence-corrected chi connectivity index (χ1v) is 16.0. The van der Waals surface area contributed by atoms with Crippen molar-refractivity contribution in [3.8, 4) is 5.75 Å². The number of fused-ring (bicyclic) bond motifs is 4. The summed E-state index contributed by atoms with van der Waals surface area (Å²) in [6, 6.07) is 20.8. The fourth-order valence-electron chi connectivity index (χ4n) is 7.25. The van der Waals surface area contributed by atoms with Crippen molar-refractivity contribution in [2.75, 3.05) is 19.9 Å². The molecule has 48 heavy (non-hydrogen) atoms. The lowest BCUT2D eigenvalue weighted by Crippen LogP contribution is -2.69. The Morgan fingerprint density at radius 2 is 1.79 bits per heavy atom. The van der Waals surface area contributed by atoms with Gasteiger partial charge in [0.15, 0.2) is 6.04 Å². The second kappa shape index (κ2) is 13.5. The summed E-state index contributed by atoms with van der Waals surface area (Å²) in [5.41, 5.74) is 2.40. The molecule has 2 bridgehead atoms. The van der Waals surface area contributed by atoms with Gasteiger partial charge in [0, 0.05) is 25.1 Å². The summed E-state index contributed by atoms with van der Waals surface area (Å²) >= 11 is 0. The summed E-state index contributed by atoms with van der Waals surface area (Å²) in [5.74, 6) is -1.01. The summed E-state index contributed by atoms with van der Waals surface area (Å²) in [5, 5.41) is 26.3. The second-order valence-corrected chi connectivity index (χ2v) is 12.4. The molecule has 0 unspecified atom stereocenters. The highest BCUT2D eigenvalue weighted by atomic mass is 16.8. The van der Waals surface area contributed by atoms with Gasteiger partial charge in [-0.2, -0.15) is 5.06 Å². The van der Waals surface area contributed by atoms with E-state index in [0.717, 1.165) is 16.7 Å². The van der Waals surface area contributed by atoms with Gasteiger partial charge in [-0.3, -0.25) is 19.2 Å². The Morgan fingerprint density at radius 3 is 2.65 bits per heavy atom. The molecule has 3 aliphatic heterocycles. The normalized spacial score (nSPS) is 27.4. The zero-order chi connectivity index (χ0) is 33.3. The number of carbonyl (C=O) groups excluding carboxylic acids is 3. The molecule has 3 aromatic carbocycles. The number of phenolic OH excluding ortho intramolecular Hbond substituents is 1. The number of esters is 1. The van der Waals surface area contributed by atoms with E-state index in [1.165, 1.54) is 0 Å². The minimum absolute atomic E-state index is 0.00584. The summed E-state index contributed by atoms with van der Waals surface area (Å²) < 4.78 is 17.6. The molecule has 0 aromatic heterocycles. The standard InChI is InChI=1S/C36H37N3O9/c40-15-14-37-33(42)26-12-5-8-23(17-26)19-38-35(44)36-18-28-29-30(46-21-45-29)32(36)48-39(31(36)34(43)47-28)20-24-9-3-6-22(16-24)7-4-11-25-10-1-2-13-27(25)41/h1-10,12-13,16-17,28-32,40-41H,11,14-15,18-21H2,(H,37,42)(H,38,44)/t28-,29+,30+,31+,32-,36+/m1/s1. The Kier molecular flexibility index (Phi) is 8.99. The van der Waals surface area contributed by atoms with Crippen LogP contribution in [0.25, 0.3) is 6.08 Å². The predicted molar refractivity (Wildman–Crippen MR) is 171 cm³/mol. The minimum atomic E-state index is -1.31. The van der Waals surface area contributed by atoms with E-state index in [1.54, 1.807) is 41.5 Å². The number of hydroxylamine groups is 2. The molecule has 7 rings (SSSR count). The molecule has 3 heterocycles. The van der Waals surface area contributed by atoms with Crippen LogP contribution in [0.2, 0.25) is 0 Å². The van der Waals surface area contributed by atoms with Gasteiger partial charge in [-0.05, 0) is 46.9 Å². The lowest BCUT2D eigenvalue weighted by molar-refractivity contribution is -0.201. The van der Waals surface area contributed by atoms with Crippen LogP contribution in [-0.4, -0.2) is 83.5 Å². The third-order valence-electron chi connectivity index (χ3n) is 9.46. The topological polar surface area (TPSA) is 156 Å². The number of aliphatic hydroxyl groups excluding tert-OH is 1. The Balaban J connectivity index is 1.11. The number of hydrogen-bond donors (Lipinski definition) is 4. The number of amides is 2. The molecule has 250 valence electrons. The van der Waals surface area contributed by atoms with Gasteiger partial charge in [0.25, 0.3) is 5.91 Å². The largest absolute Gasteiger partial charge is 0.508 e. The first-order chi connectivity index (χ1) is 23.4. The van der Waals surface area contributed by atoms with Crippen LogP contribution in [0.4, 0.5) is 0 Å². The molecule has 12 nitrogen and oxygen atoms in total. The van der Waals surface area contributed by atoms with E-state index in [0.29, 0.717) is 17.5 Å². The van der Waals surface area contributed by atoms with Crippen molar-refractivity contribution in [1.29, 1.82) is 0 Å². The van der Waals surface area contributed by atoms with Crippen LogP contribution in [0.5, 0.6) is 5.75 Å². The number of para-hydroxylation sites is 1. The number of phenols is 1. The van der Waals surface area contributed by atoms with Crippen LogP contribution < -0.4 is 10.6 Å². The number of aliphatic hydroxyl groups is 1. The highest BCUT2D eigenvalue weighted by molar-refractivity contribution is 5.95. The molecule has 3 aromatic rings. The molecule has 4 N–H and O–H groups in total. The van der Waals surface area contributed by atoms with E-state index in [1.807, 2.05) is 48.6 Å². The lowest BCUT2D eigenvalue weighted by atomic mass is 9.62. The lowest BCUT2D eigenvalue weighted by Gasteiger charge is -2.48. The number of nitrogens with one attached hydrogen (secondary N) is 2. The molecule has 4 aliphatic rings. The number of hydrogen-bond acceptors (Lipinski definition) is 10. The Bertz CT molecular complexity index is 1730. The molecule has 1 saturated carbocycles. The first-order valence-electron chi connectivity index (χ1n) is 16.0. The van der Waals surface area contributed by atoms with Crippen molar-refractivity contribution < 1.29 is 43.6 Å². The van der Waals surface area contributed by atoms with E-state index in [-0.39, 0.29) is 57.0 Å². The van der Waals surface area contributed by atoms with E-state index < -0.39 is 41.8 Å². The number of nitrogens with zero attached hydrogens (tertiary/aromatic N) is 1. The number of rotatable bonds is 11. The van der Waals surface area contributed by atoms with Gasteiger partial charge < -0.3 is 35.1 Å². The summed E-state index contributed by atoms with van der Waals surface area (Å²) in [7, 11) is 0. The average molecular weight is 656 g/mol. The molecule has 4 fully saturated rings. The van der Waals surface area contributed by atoms with Gasteiger partial charge in [-0.25, -0.2) is 0 Å². The molecule has 0 radical (unpaired) electrons. The quantitative estimate of drug-likeness (QED) is 0.226. The molecule has 12 heteroatoms. The Morgan fingerprint density at radius 1 is 0.979 bits per heavy atom. The maximum absolute atomic E-state index is 14.3. The van der Waals surface area contributed by atoms with Crippen molar-refractivity contribution in [1.82, 2.24) is 15.7 Å². The molecular formula is C36H37N3O9. The molecule has 0 spiro atoms. The summed E-state index contributed by atoms with van der Waals surface area (Å²) in [6.07, 6.45) is 2.09.